The predicted octanol–water partition coefficient (Wildman–Crippen LogP) is 3.80. The van der Waals surface area contributed by atoms with Gasteiger partial charge in [-0.05, 0) is 55.7 Å². The Morgan fingerprint density at radius 1 is 1.10 bits per heavy atom. The van der Waals surface area contributed by atoms with Crippen LogP contribution in [-0.4, -0.2) is 49.2 Å². The summed E-state index contributed by atoms with van der Waals surface area (Å²) in [5.41, 5.74) is 1.97. The first-order chi connectivity index (χ1) is 14.2. The van der Waals surface area contributed by atoms with E-state index in [1.165, 1.54) is 0 Å². The lowest BCUT2D eigenvalue weighted by atomic mass is 9.91. The van der Waals surface area contributed by atoms with Crippen LogP contribution in [-0.2, 0) is 14.6 Å². The number of rotatable bonds is 6. The van der Waals surface area contributed by atoms with Gasteiger partial charge >= 0.3 is 0 Å². The van der Waals surface area contributed by atoms with E-state index in [1.807, 2.05) is 17.9 Å². The lowest BCUT2D eigenvalue weighted by molar-refractivity contribution is -0.115. The Kier molecular flexibility index (Phi) is 7.22. The zero-order valence-corrected chi connectivity index (χ0v) is 19.1. The number of anilines is 1. The Morgan fingerprint density at radius 2 is 1.73 bits per heavy atom. The number of carbonyl (C=O) groups is 2. The number of piperidine rings is 1. The van der Waals surface area contributed by atoms with Crippen molar-refractivity contribution in [1.29, 1.82) is 0 Å². The zero-order chi connectivity index (χ0) is 21.9. The number of hydrogen-bond donors (Lipinski definition) is 1. The van der Waals surface area contributed by atoms with Gasteiger partial charge < -0.3 is 10.2 Å². The van der Waals surface area contributed by atoms with E-state index in [0.29, 0.717) is 35.9 Å². The van der Waals surface area contributed by atoms with Crippen molar-refractivity contribution in [3.8, 4) is 0 Å². The average Bonchev–Trinajstić information content (AvgIpc) is 3.23. The third-order valence-corrected chi connectivity index (χ3v) is 8.60. The summed E-state index contributed by atoms with van der Waals surface area (Å²) >= 11 is 0. The first-order valence-electron chi connectivity index (χ1n) is 11.1. The maximum atomic E-state index is 13.0. The number of benzene rings is 1. The van der Waals surface area contributed by atoms with Crippen LogP contribution >= 0.6 is 0 Å². The summed E-state index contributed by atoms with van der Waals surface area (Å²) < 4.78 is 24.8. The highest BCUT2D eigenvalue weighted by molar-refractivity contribution is 7.92. The van der Waals surface area contributed by atoms with E-state index < -0.39 is 9.84 Å². The molecule has 2 fully saturated rings. The summed E-state index contributed by atoms with van der Waals surface area (Å²) in [5.74, 6) is 0.482. The van der Waals surface area contributed by atoms with E-state index in [9.17, 15) is 18.0 Å². The van der Waals surface area contributed by atoms with Gasteiger partial charge in [0.05, 0.1) is 11.0 Å². The van der Waals surface area contributed by atoms with Crippen LogP contribution in [0.5, 0.6) is 0 Å². The molecule has 1 aliphatic heterocycles. The Hall–Kier alpha value is -1.89. The highest BCUT2D eigenvalue weighted by Crippen LogP contribution is 2.26. The van der Waals surface area contributed by atoms with Crippen molar-refractivity contribution >= 4 is 27.3 Å². The molecule has 1 saturated heterocycles. The maximum Gasteiger partial charge on any atom is 0.253 e. The molecule has 2 aliphatic rings. The molecular formula is C23H34N2O4S. The van der Waals surface area contributed by atoms with Crippen molar-refractivity contribution in [2.75, 3.05) is 24.2 Å². The molecule has 1 aliphatic carbocycles. The van der Waals surface area contributed by atoms with Crippen LogP contribution in [0.3, 0.4) is 0 Å². The van der Waals surface area contributed by atoms with Gasteiger partial charge in [0.15, 0.2) is 9.84 Å². The van der Waals surface area contributed by atoms with E-state index in [1.54, 1.807) is 12.1 Å². The standard InChI is InChI=1S/C23H34N2O4S/c1-16-12-17(2)15-25(14-16)23(27)19-9-8-18(3)21(13-19)24-22(26)10-11-30(28,29)20-6-4-5-7-20/h8-9,13,16-17,20H,4-7,10-12,14-15H2,1-3H3,(H,24,26). The van der Waals surface area contributed by atoms with Crippen LogP contribution in [0.2, 0.25) is 0 Å². The fourth-order valence-electron chi connectivity index (χ4n) is 4.76. The van der Waals surface area contributed by atoms with Crippen LogP contribution < -0.4 is 5.32 Å². The summed E-state index contributed by atoms with van der Waals surface area (Å²) in [6.45, 7) is 7.69. The van der Waals surface area contributed by atoms with Gasteiger partial charge in [-0.2, -0.15) is 0 Å². The lowest BCUT2D eigenvalue weighted by Crippen LogP contribution is -2.42. The van der Waals surface area contributed by atoms with Gasteiger partial charge in [0.25, 0.3) is 5.91 Å². The summed E-state index contributed by atoms with van der Waals surface area (Å²) in [5, 5.41) is 2.53. The number of nitrogens with one attached hydrogen (secondary N) is 1. The second kappa shape index (κ2) is 9.50. The van der Waals surface area contributed by atoms with Crippen LogP contribution in [0.25, 0.3) is 0 Å². The minimum absolute atomic E-state index is 0.0206. The third-order valence-electron chi connectivity index (χ3n) is 6.34. The number of amides is 2. The molecule has 0 aromatic heterocycles. The molecule has 6 nitrogen and oxygen atoms in total. The molecular weight excluding hydrogens is 400 g/mol. The van der Waals surface area contributed by atoms with E-state index in [4.69, 9.17) is 0 Å². The predicted molar refractivity (Wildman–Crippen MR) is 119 cm³/mol. The molecule has 1 aromatic carbocycles. The molecule has 3 rings (SSSR count). The minimum Gasteiger partial charge on any atom is -0.338 e. The van der Waals surface area contributed by atoms with Crippen LogP contribution in [0.15, 0.2) is 18.2 Å². The molecule has 7 heteroatoms. The highest BCUT2D eigenvalue weighted by atomic mass is 32.2. The SMILES string of the molecule is Cc1ccc(C(=O)N2CC(C)CC(C)C2)cc1NC(=O)CCS(=O)(=O)C1CCCC1. The topological polar surface area (TPSA) is 83.6 Å². The number of nitrogens with zero attached hydrogens (tertiary/aromatic N) is 1. The van der Waals surface area contributed by atoms with Gasteiger partial charge in [-0.3, -0.25) is 9.59 Å². The van der Waals surface area contributed by atoms with Crippen molar-refractivity contribution in [3.63, 3.8) is 0 Å². The summed E-state index contributed by atoms with van der Waals surface area (Å²) in [7, 11) is -3.23. The van der Waals surface area contributed by atoms with E-state index in [2.05, 4.69) is 19.2 Å². The Balaban J connectivity index is 1.63. The number of carbonyl (C=O) groups excluding carboxylic acids is 2. The molecule has 0 spiro atoms. The molecule has 2 amide bonds. The molecule has 2 atom stereocenters. The largest absolute Gasteiger partial charge is 0.338 e. The van der Waals surface area contributed by atoms with Crippen molar-refractivity contribution in [1.82, 2.24) is 4.90 Å². The second-order valence-electron chi connectivity index (χ2n) is 9.26. The summed E-state index contributed by atoms with van der Waals surface area (Å²) in [6, 6.07) is 5.34. The first kappa shape index (κ1) is 22.8. The summed E-state index contributed by atoms with van der Waals surface area (Å²) in [4.78, 5) is 27.3. The van der Waals surface area contributed by atoms with Gasteiger partial charge in [0.2, 0.25) is 5.91 Å². The molecule has 1 saturated carbocycles. The van der Waals surface area contributed by atoms with Gasteiger partial charge in [-0.15, -0.1) is 0 Å². The second-order valence-corrected chi connectivity index (χ2v) is 11.7. The van der Waals surface area contributed by atoms with E-state index >= 15 is 0 Å². The number of aryl methyl sites for hydroxylation is 1. The third kappa shape index (κ3) is 5.62. The molecule has 1 aromatic rings. The average molecular weight is 435 g/mol. The van der Waals surface area contributed by atoms with Gasteiger partial charge in [0, 0.05) is 30.8 Å². The molecule has 30 heavy (non-hydrogen) atoms. The van der Waals surface area contributed by atoms with Crippen molar-refractivity contribution in [3.05, 3.63) is 29.3 Å². The lowest BCUT2D eigenvalue weighted by Gasteiger charge is -2.35. The molecule has 166 valence electrons. The fourth-order valence-corrected chi connectivity index (χ4v) is 6.62. The number of sulfone groups is 1. The van der Waals surface area contributed by atoms with Crippen LogP contribution in [0.1, 0.15) is 68.3 Å². The molecule has 2 unspecified atom stereocenters. The fraction of sp³-hybridized carbons (Fsp3) is 0.652. The van der Waals surface area contributed by atoms with E-state index in [-0.39, 0.29) is 29.2 Å². The van der Waals surface area contributed by atoms with Gasteiger partial charge in [0.1, 0.15) is 0 Å². The van der Waals surface area contributed by atoms with E-state index in [0.717, 1.165) is 37.9 Å². The molecule has 0 radical (unpaired) electrons. The van der Waals surface area contributed by atoms with Gasteiger partial charge in [-0.1, -0.05) is 32.8 Å². The quantitative estimate of drug-likeness (QED) is 0.738. The zero-order valence-electron chi connectivity index (χ0n) is 18.3. The maximum absolute atomic E-state index is 13.0. The van der Waals surface area contributed by atoms with Crippen molar-refractivity contribution < 1.29 is 18.0 Å². The Labute approximate surface area is 180 Å². The number of hydrogen-bond acceptors (Lipinski definition) is 4. The monoisotopic (exact) mass is 434 g/mol. The Bertz CT molecular complexity index is 880. The summed E-state index contributed by atoms with van der Waals surface area (Å²) in [6.07, 6.45) is 4.39. The van der Waals surface area contributed by atoms with Crippen LogP contribution in [0.4, 0.5) is 5.69 Å². The Morgan fingerprint density at radius 3 is 2.37 bits per heavy atom. The first-order valence-corrected chi connectivity index (χ1v) is 12.8. The van der Waals surface area contributed by atoms with Gasteiger partial charge in [-0.25, -0.2) is 8.42 Å². The normalized spacial score (nSPS) is 22.8. The minimum atomic E-state index is -3.23. The molecule has 1 N–H and O–H groups in total. The number of likely N-dealkylation sites (tertiary alicyclic amines) is 1. The highest BCUT2D eigenvalue weighted by Gasteiger charge is 2.29. The van der Waals surface area contributed by atoms with Crippen LogP contribution in [0, 0.1) is 18.8 Å². The van der Waals surface area contributed by atoms with Crippen molar-refractivity contribution in [2.24, 2.45) is 11.8 Å². The smallest absolute Gasteiger partial charge is 0.253 e. The molecule has 1 heterocycles. The van der Waals surface area contributed by atoms with Crippen molar-refractivity contribution in [2.45, 2.75) is 64.5 Å². The molecule has 0 bridgehead atoms.